The van der Waals surface area contributed by atoms with E-state index in [4.69, 9.17) is 0 Å². The van der Waals surface area contributed by atoms with Crippen LogP contribution in [0.3, 0.4) is 0 Å². The highest BCUT2D eigenvalue weighted by Gasteiger charge is 2.50. The van der Waals surface area contributed by atoms with Crippen molar-refractivity contribution in [2.24, 2.45) is 0 Å². The molecule has 1 heterocycles. The molecule has 1 atom stereocenters. The molecule has 1 aliphatic rings. The Morgan fingerprint density at radius 2 is 1.78 bits per heavy atom. The molecule has 27 heavy (non-hydrogen) atoms. The molecule has 0 radical (unpaired) electrons. The normalized spacial score (nSPS) is 17.0. The lowest BCUT2D eigenvalue weighted by Crippen LogP contribution is -2.47. The van der Waals surface area contributed by atoms with Gasteiger partial charge in [0.05, 0.1) is 6.04 Å². The molecule has 4 amide bonds. The molecule has 1 saturated heterocycles. The van der Waals surface area contributed by atoms with E-state index in [1.165, 1.54) is 5.56 Å². The first-order chi connectivity index (χ1) is 12.7. The van der Waals surface area contributed by atoms with E-state index in [0.29, 0.717) is 12.8 Å². The van der Waals surface area contributed by atoms with Gasteiger partial charge in [0.1, 0.15) is 12.1 Å². The fourth-order valence-electron chi connectivity index (χ4n) is 3.69. The standard InChI is InChI=1S/C21H31N3O3/c1-6-10-21(11-7-2)19(26)24(20(27)23-21)13-18(25)22-16(5)17-9-8-14(3)15(4)12-17/h8-9,12,16H,6-7,10-11,13H2,1-5H3,(H,22,25)(H,23,27). The van der Waals surface area contributed by atoms with Gasteiger partial charge in [-0.3, -0.25) is 14.5 Å². The third-order valence-corrected chi connectivity index (χ3v) is 5.31. The van der Waals surface area contributed by atoms with E-state index in [9.17, 15) is 14.4 Å². The van der Waals surface area contributed by atoms with Crippen molar-refractivity contribution < 1.29 is 14.4 Å². The molecule has 1 fully saturated rings. The lowest BCUT2D eigenvalue weighted by Gasteiger charge is -2.25. The Bertz CT molecular complexity index is 723. The molecule has 6 heteroatoms. The van der Waals surface area contributed by atoms with Gasteiger partial charge in [0.15, 0.2) is 0 Å². The second-order valence-corrected chi connectivity index (χ2v) is 7.54. The summed E-state index contributed by atoms with van der Waals surface area (Å²) in [5, 5.41) is 5.72. The third kappa shape index (κ3) is 4.49. The molecular weight excluding hydrogens is 342 g/mol. The van der Waals surface area contributed by atoms with Crippen molar-refractivity contribution in [3.63, 3.8) is 0 Å². The minimum absolute atomic E-state index is 0.200. The Balaban J connectivity index is 2.05. The Labute approximate surface area is 161 Å². The Morgan fingerprint density at radius 1 is 1.15 bits per heavy atom. The van der Waals surface area contributed by atoms with Gasteiger partial charge in [-0.2, -0.15) is 0 Å². The van der Waals surface area contributed by atoms with Gasteiger partial charge in [-0.25, -0.2) is 4.79 Å². The lowest BCUT2D eigenvalue weighted by atomic mass is 9.88. The van der Waals surface area contributed by atoms with Crippen LogP contribution in [0.2, 0.25) is 0 Å². The minimum atomic E-state index is -0.861. The van der Waals surface area contributed by atoms with E-state index in [1.807, 2.05) is 52.8 Å². The van der Waals surface area contributed by atoms with Crippen LogP contribution in [0.1, 0.15) is 69.2 Å². The zero-order valence-corrected chi connectivity index (χ0v) is 17.0. The van der Waals surface area contributed by atoms with Crippen molar-refractivity contribution in [2.75, 3.05) is 6.54 Å². The maximum Gasteiger partial charge on any atom is 0.325 e. The van der Waals surface area contributed by atoms with E-state index in [0.717, 1.165) is 28.9 Å². The van der Waals surface area contributed by atoms with Gasteiger partial charge in [0.25, 0.3) is 5.91 Å². The molecule has 0 saturated carbocycles. The maximum absolute atomic E-state index is 12.9. The van der Waals surface area contributed by atoms with Crippen LogP contribution in [0.5, 0.6) is 0 Å². The number of aryl methyl sites for hydroxylation is 2. The van der Waals surface area contributed by atoms with Crippen molar-refractivity contribution in [1.29, 1.82) is 0 Å². The molecule has 1 aliphatic heterocycles. The average molecular weight is 373 g/mol. The van der Waals surface area contributed by atoms with Crippen LogP contribution in [0.25, 0.3) is 0 Å². The summed E-state index contributed by atoms with van der Waals surface area (Å²) in [5.74, 6) is -0.627. The zero-order chi connectivity index (χ0) is 20.2. The van der Waals surface area contributed by atoms with E-state index in [2.05, 4.69) is 10.6 Å². The van der Waals surface area contributed by atoms with Gasteiger partial charge in [-0.15, -0.1) is 0 Å². The number of nitrogens with one attached hydrogen (secondary N) is 2. The number of amides is 4. The summed E-state index contributed by atoms with van der Waals surface area (Å²) < 4.78 is 0. The summed E-state index contributed by atoms with van der Waals surface area (Å²) in [6.45, 7) is 9.68. The summed E-state index contributed by atoms with van der Waals surface area (Å²) >= 11 is 0. The maximum atomic E-state index is 12.9. The fraction of sp³-hybridized carbons (Fsp3) is 0.571. The van der Waals surface area contributed by atoms with Gasteiger partial charge in [-0.1, -0.05) is 44.9 Å². The summed E-state index contributed by atoms with van der Waals surface area (Å²) in [4.78, 5) is 38.7. The molecule has 1 aromatic carbocycles. The average Bonchev–Trinajstić information content (AvgIpc) is 2.82. The molecule has 148 valence electrons. The fourth-order valence-corrected chi connectivity index (χ4v) is 3.69. The highest BCUT2D eigenvalue weighted by molar-refractivity contribution is 6.09. The number of rotatable bonds is 8. The van der Waals surface area contributed by atoms with Crippen LogP contribution in [-0.2, 0) is 9.59 Å². The van der Waals surface area contributed by atoms with Crippen LogP contribution in [0.4, 0.5) is 4.79 Å². The summed E-state index contributed by atoms with van der Waals surface area (Å²) in [6, 6.07) is 5.37. The van der Waals surface area contributed by atoms with Crippen molar-refractivity contribution in [3.05, 3.63) is 34.9 Å². The molecule has 1 unspecified atom stereocenters. The smallest absolute Gasteiger partial charge is 0.325 e. The van der Waals surface area contributed by atoms with Gasteiger partial charge in [-0.05, 0) is 50.3 Å². The Morgan fingerprint density at radius 3 is 2.33 bits per heavy atom. The third-order valence-electron chi connectivity index (χ3n) is 5.31. The van der Waals surface area contributed by atoms with Gasteiger partial charge < -0.3 is 10.6 Å². The highest BCUT2D eigenvalue weighted by Crippen LogP contribution is 2.28. The van der Waals surface area contributed by atoms with Gasteiger partial charge in [0, 0.05) is 0 Å². The molecule has 0 aliphatic carbocycles. The second-order valence-electron chi connectivity index (χ2n) is 7.54. The van der Waals surface area contributed by atoms with Crippen molar-refractivity contribution in [3.8, 4) is 0 Å². The number of benzene rings is 1. The van der Waals surface area contributed by atoms with Crippen LogP contribution in [0.15, 0.2) is 18.2 Å². The Hall–Kier alpha value is -2.37. The van der Waals surface area contributed by atoms with E-state index < -0.39 is 11.6 Å². The van der Waals surface area contributed by atoms with Gasteiger partial charge >= 0.3 is 6.03 Å². The molecule has 6 nitrogen and oxygen atoms in total. The predicted octanol–water partition coefficient (Wildman–Crippen LogP) is 3.37. The second kappa shape index (κ2) is 8.55. The quantitative estimate of drug-likeness (QED) is 0.686. The van der Waals surface area contributed by atoms with Crippen LogP contribution in [0, 0.1) is 13.8 Å². The molecule has 2 N–H and O–H groups in total. The number of hydrogen-bond acceptors (Lipinski definition) is 3. The first-order valence-electron chi connectivity index (χ1n) is 9.74. The lowest BCUT2D eigenvalue weighted by molar-refractivity contribution is -0.135. The number of nitrogens with zero attached hydrogens (tertiary/aromatic N) is 1. The zero-order valence-electron chi connectivity index (χ0n) is 17.0. The van der Waals surface area contributed by atoms with Crippen LogP contribution in [-0.4, -0.2) is 34.8 Å². The summed E-state index contributed by atoms with van der Waals surface area (Å²) in [5.41, 5.74) is 2.49. The topological polar surface area (TPSA) is 78.5 Å². The van der Waals surface area contributed by atoms with Crippen molar-refractivity contribution in [2.45, 2.75) is 71.9 Å². The molecule has 1 aromatic rings. The van der Waals surface area contributed by atoms with E-state index in [1.54, 1.807) is 0 Å². The number of urea groups is 1. The largest absolute Gasteiger partial charge is 0.348 e. The molecule has 2 rings (SSSR count). The molecule has 0 aromatic heterocycles. The summed E-state index contributed by atoms with van der Waals surface area (Å²) in [7, 11) is 0. The number of carbonyl (C=O) groups excluding carboxylic acids is 3. The first kappa shape index (κ1) is 20.9. The van der Waals surface area contributed by atoms with Crippen LogP contribution < -0.4 is 10.6 Å². The molecule has 0 spiro atoms. The SMILES string of the molecule is CCCC1(CCC)NC(=O)N(CC(=O)NC(C)c2ccc(C)c(C)c2)C1=O. The van der Waals surface area contributed by atoms with E-state index >= 15 is 0 Å². The van der Waals surface area contributed by atoms with Crippen LogP contribution >= 0.6 is 0 Å². The van der Waals surface area contributed by atoms with Crippen molar-refractivity contribution in [1.82, 2.24) is 15.5 Å². The monoisotopic (exact) mass is 373 g/mol. The molecular formula is C21H31N3O3. The molecule has 0 bridgehead atoms. The number of imide groups is 1. The summed E-state index contributed by atoms with van der Waals surface area (Å²) in [6.07, 6.45) is 2.75. The van der Waals surface area contributed by atoms with Crippen molar-refractivity contribution >= 4 is 17.8 Å². The Kier molecular flexibility index (Phi) is 6.63. The van der Waals surface area contributed by atoms with E-state index in [-0.39, 0.29) is 24.4 Å². The number of carbonyl (C=O) groups is 3. The van der Waals surface area contributed by atoms with Gasteiger partial charge in [0.2, 0.25) is 5.91 Å². The first-order valence-corrected chi connectivity index (χ1v) is 9.74. The minimum Gasteiger partial charge on any atom is -0.348 e. The number of hydrogen-bond donors (Lipinski definition) is 2. The highest BCUT2D eigenvalue weighted by atomic mass is 16.2. The predicted molar refractivity (Wildman–Crippen MR) is 105 cm³/mol.